The number of anilines is 1. The van der Waals surface area contributed by atoms with Crippen LogP contribution in [0.4, 0.5) is 32.3 Å². The van der Waals surface area contributed by atoms with E-state index in [1.165, 1.54) is 12.3 Å². The summed E-state index contributed by atoms with van der Waals surface area (Å²) < 4.78 is 79.2. The molecule has 0 radical (unpaired) electrons. The van der Waals surface area contributed by atoms with Crippen molar-refractivity contribution < 1.29 is 26.3 Å². The molecule has 1 N–H and O–H groups in total. The van der Waals surface area contributed by atoms with Crippen LogP contribution >= 0.6 is 0 Å². The molecule has 0 aliphatic rings. The molecule has 0 unspecified atom stereocenters. The molecule has 3 heterocycles. The number of hydrogen-bond acceptors (Lipinski definition) is 6. The van der Waals surface area contributed by atoms with Crippen LogP contribution < -0.4 is 5.43 Å². The van der Waals surface area contributed by atoms with E-state index in [4.69, 9.17) is 0 Å². The van der Waals surface area contributed by atoms with E-state index in [9.17, 15) is 26.3 Å². The molecule has 0 bridgehead atoms. The number of alkyl halides is 6. The number of hydrogen-bond donors (Lipinski definition) is 1. The summed E-state index contributed by atoms with van der Waals surface area (Å²) in [6, 6.07) is 2.07. The number of aromatic nitrogens is 6. The zero-order chi connectivity index (χ0) is 22.8. The predicted octanol–water partition coefficient (Wildman–Crippen LogP) is 3.89. The van der Waals surface area contributed by atoms with E-state index in [0.717, 1.165) is 18.5 Å². The van der Waals surface area contributed by atoms with E-state index in [0.29, 0.717) is 22.5 Å². The van der Waals surface area contributed by atoms with Crippen molar-refractivity contribution in [2.45, 2.75) is 39.3 Å². The standard InChI is InChI=1S/C17H16F6N8/c1-3-31-10(2)12(8-25-31)13-6-14(17(21,22)23)27-15(26-13)28-24-7-11-4-5-30(29-11)9-16(18,19)20/h4-8H,3,9H2,1-2H3,(H,26,27,28)/b24-7-. The third kappa shape index (κ3) is 5.58. The minimum atomic E-state index is -4.73. The summed E-state index contributed by atoms with van der Waals surface area (Å²) >= 11 is 0. The molecule has 0 atom stereocenters. The average Bonchev–Trinajstić information content (AvgIpc) is 3.25. The predicted molar refractivity (Wildman–Crippen MR) is 98.2 cm³/mol. The Morgan fingerprint density at radius 1 is 1.16 bits per heavy atom. The minimum absolute atomic E-state index is 0.00770. The lowest BCUT2D eigenvalue weighted by Crippen LogP contribution is -2.18. The van der Waals surface area contributed by atoms with E-state index in [2.05, 4.69) is 30.7 Å². The molecule has 0 fully saturated rings. The first-order chi connectivity index (χ1) is 14.5. The fourth-order valence-electron chi connectivity index (χ4n) is 2.67. The quantitative estimate of drug-likeness (QED) is 0.353. The summed E-state index contributed by atoms with van der Waals surface area (Å²) in [7, 11) is 0. The van der Waals surface area contributed by atoms with E-state index in [-0.39, 0.29) is 11.4 Å². The number of nitrogens with zero attached hydrogens (tertiary/aromatic N) is 7. The third-order valence-corrected chi connectivity index (χ3v) is 4.06. The minimum Gasteiger partial charge on any atom is -0.269 e. The maximum atomic E-state index is 13.3. The lowest BCUT2D eigenvalue weighted by Gasteiger charge is -2.10. The van der Waals surface area contributed by atoms with Crippen molar-refractivity contribution in [3.8, 4) is 11.3 Å². The second-order valence-corrected chi connectivity index (χ2v) is 6.34. The number of halogens is 6. The van der Waals surface area contributed by atoms with Gasteiger partial charge in [0.1, 0.15) is 12.2 Å². The van der Waals surface area contributed by atoms with Gasteiger partial charge in [0, 0.05) is 24.0 Å². The second-order valence-electron chi connectivity index (χ2n) is 6.34. The summed E-state index contributed by atoms with van der Waals surface area (Å²) in [5.74, 6) is -0.445. The molecule has 0 aliphatic carbocycles. The lowest BCUT2D eigenvalue weighted by molar-refractivity contribution is -0.143. The number of aryl methyl sites for hydroxylation is 1. The molecule has 8 nitrogen and oxygen atoms in total. The van der Waals surface area contributed by atoms with Gasteiger partial charge in [0.05, 0.1) is 18.1 Å². The van der Waals surface area contributed by atoms with Crippen molar-refractivity contribution in [2.24, 2.45) is 5.10 Å². The molecule has 0 aliphatic heterocycles. The van der Waals surface area contributed by atoms with Crippen molar-refractivity contribution in [3.05, 3.63) is 41.6 Å². The van der Waals surface area contributed by atoms with Crippen LogP contribution in [0.3, 0.4) is 0 Å². The van der Waals surface area contributed by atoms with Crippen LogP contribution in [0.25, 0.3) is 11.3 Å². The third-order valence-electron chi connectivity index (χ3n) is 4.06. The zero-order valence-electron chi connectivity index (χ0n) is 16.2. The van der Waals surface area contributed by atoms with Crippen molar-refractivity contribution in [1.82, 2.24) is 29.5 Å². The highest BCUT2D eigenvalue weighted by Crippen LogP contribution is 2.32. The van der Waals surface area contributed by atoms with Crippen LogP contribution in [-0.4, -0.2) is 41.9 Å². The molecule has 3 aromatic heterocycles. The van der Waals surface area contributed by atoms with Crippen LogP contribution in [0.2, 0.25) is 0 Å². The van der Waals surface area contributed by atoms with Crippen LogP contribution in [0.5, 0.6) is 0 Å². The Balaban J connectivity index is 1.85. The number of nitrogens with one attached hydrogen (secondary N) is 1. The molecule has 31 heavy (non-hydrogen) atoms. The molecular formula is C17H16F6N8. The van der Waals surface area contributed by atoms with Gasteiger partial charge in [-0.25, -0.2) is 15.4 Å². The fraction of sp³-hybridized carbons (Fsp3) is 0.353. The Labute approximate surface area is 171 Å². The van der Waals surface area contributed by atoms with Gasteiger partial charge in [-0.3, -0.25) is 9.36 Å². The molecule has 3 rings (SSSR count). The zero-order valence-corrected chi connectivity index (χ0v) is 16.2. The summed E-state index contributed by atoms with van der Waals surface area (Å²) in [5, 5.41) is 11.4. The van der Waals surface area contributed by atoms with E-state index in [1.54, 1.807) is 11.6 Å². The molecule has 0 aromatic carbocycles. The Morgan fingerprint density at radius 3 is 2.52 bits per heavy atom. The van der Waals surface area contributed by atoms with Gasteiger partial charge < -0.3 is 0 Å². The van der Waals surface area contributed by atoms with Gasteiger partial charge >= 0.3 is 12.4 Å². The highest BCUT2D eigenvalue weighted by Gasteiger charge is 2.34. The highest BCUT2D eigenvalue weighted by atomic mass is 19.4. The van der Waals surface area contributed by atoms with Gasteiger partial charge in [0.15, 0.2) is 5.69 Å². The normalized spacial score (nSPS) is 12.6. The van der Waals surface area contributed by atoms with Crippen LogP contribution in [0, 0.1) is 6.92 Å². The second kappa shape index (κ2) is 8.35. The Hall–Kier alpha value is -3.45. The summed E-state index contributed by atoms with van der Waals surface area (Å²) in [6.45, 7) is 2.78. The Kier molecular flexibility index (Phi) is 5.99. The van der Waals surface area contributed by atoms with E-state index >= 15 is 0 Å². The summed E-state index contributed by atoms with van der Waals surface area (Å²) in [5.41, 5.74) is 2.15. The lowest BCUT2D eigenvalue weighted by atomic mass is 10.1. The van der Waals surface area contributed by atoms with Crippen LogP contribution in [0.1, 0.15) is 24.0 Å². The van der Waals surface area contributed by atoms with Crippen LogP contribution in [-0.2, 0) is 19.3 Å². The van der Waals surface area contributed by atoms with E-state index in [1.807, 2.05) is 6.92 Å². The van der Waals surface area contributed by atoms with Crippen molar-refractivity contribution in [2.75, 3.05) is 5.43 Å². The topological polar surface area (TPSA) is 85.8 Å². The molecular weight excluding hydrogens is 430 g/mol. The molecule has 0 amide bonds. The van der Waals surface area contributed by atoms with Crippen molar-refractivity contribution >= 4 is 12.2 Å². The Morgan fingerprint density at radius 2 is 1.90 bits per heavy atom. The summed E-state index contributed by atoms with van der Waals surface area (Å²) in [6.07, 6.45) is -5.63. The van der Waals surface area contributed by atoms with E-state index < -0.39 is 30.5 Å². The van der Waals surface area contributed by atoms with Crippen LogP contribution in [0.15, 0.2) is 29.6 Å². The van der Waals surface area contributed by atoms with Gasteiger partial charge in [-0.05, 0) is 26.0 Å². The molecule has 0 spiro atoms. The van der Waals surface area contributed by atoms with Gasteiger partial charge in [-0.2, -0.15) is 41.6 Å². The maximum Gasteiger partial charge on any atom is 0.433 e. The molecule has 166 valence electrons. The number of hydrazone groups is 1. The highest BCUT2D eigenvalue weighted by molar-refractivity contribution is 5.77. The molecule has 3 aromatic rings. The first kappa shape index (κ1) is 22.2. The average molecular weight is 446 g/mol. The smallest absolute Gasteiger partial charge is 0.269 e. The fourth-order valence-corrected chi connectivity index (χ4v) is 2.67. The van der Waals surface area contributed by atoms with Gasteiger partial charge in [-0.15, -0.1) is 0 Å². The monoisotopic (exact) mass is 446 g/mol. The molecule has 0 saturated heterocycles. The number of rotatable bonds is 6. The van der Waals surface area contributed by atoms with Crippen molar-refractivity contribution in [1.29, 1.82) is 0 Å². The largest absolute Gasteiger partial charge is 0.433 e. The molecule has 0 saturated carbocycles. The first-order valence-corrected chi connectivity index (χ1v) is 8.84. The van der Waals surface area contributed by atoms with Gasteiger partial charge in [0.2, 0.25) is 5.95 Å². The van der Waals surface area contributed by atoms with Gasteiger partial charge in [0.25, 0.3) is 0 Å². The molecule has 14 heteroatoms. The first-order valence-electron chi connectivity index (χ1n) is 8.84. The Bertz CT molecular complexity index is 1080. The SMILES string of the molecule is CCn1ncc(-c2cc(C(F)(F)F)nc(N/N=C\c3ccn(CC(F)(F)F)n3)n2)c1C. The van der Waals surface area contributed by atoms with Gasteiger partial charge in [-0.1, -0.05) is 0 Å². The maximum absolute atomic E-state index is 13.3. The van der Waals surface area contributed by atoms with Crippen molar-refractivity contribution in [3.63, 3.8) is 0 Å². The summed E-state index contributed by atoms with van der Waals surface area (Å²) in [4.78, 5) is 7.46.